The van der Waals surface area contributed by atoms with Crippen molar-refractivity contribution in [3.8, 4) is 11.3 Å². The topological polar surface area (TPSA) is 71.0 Å². The molecule has 0 unspecified atom stereocenters. The molecule has 6 nitrogen and oxygen atoms in total. The Hall–Kier alpha value is -2.50. The minimum Gasteiger partial charge on any atom is -0.351 e. The van der Waals surface area contributed by atoms with Crippen LogP contribution in [0.1, 0.15) is 24.8 Å². The molecule has 0 atom stereocenters. The summed E-state index contributed by atoms with van der Waals surface area (Å²) >= 11 is 0. The summed E-state index contributed by atoms with van der Waals surface area (Å²) in [6.45, 7) is 4.21. The normalized spacial score (nSPS) is 14.8. The minimum absolute atomic E-state index is 0.241. The number of aromatic nitrogens is 3. The molecule has 120 valence electrons. The molecule has 23 heavy (non-hydrogen) atoms. The summed E-state index contributed by atoms with van der Waals surface area (Å²) in [5.74, 6) is 0.737. The Morgan fingerprint density at radius 2 is 2.13 bits per heavy atom. The Labute approximate surface area is 136 Å². The zero-order valence-corrected chi connectivity index (χ0v) is 13.3. The van der Waals surface area contributed by atoms with E-state index in [0.717, 1.165) is 36.2 Å². The van der Waals surface area contributed by atoms with Crippen LogP contribution in [0, 0.1) is 6.92 Å². The van der Waals surface area contributed by atoms with Gasteiger partial charge in [0.05, 0.1) is 11.9 Å². The molecule has 1 fully saturated rings. The lowest BCUT2D eigenvalue weighted by Gasteiger charge is -2.26. The zero-order chi connectivity index (χ0) is 16.1. The van der Waals surface area contributed by atoms with Gasteiger partial charge >= 0.3 is 0 Å². The van der Waals surface area contributed by atoms with Crippen LogP contribution in [-0.2, 0) is 4.79 Å². The highest BCUT2D eigenvalue weighted by Crippen LogP contribution is 2.20. The largest absolute Gasteiger partial charge is 0.351 e. The molecule has 6 heteroatoms. The first kappa shape index (κ1) is 15.4. The van der Waals surface area contributed by atoms with E-state index in [4.69, 9.17) is 0 Å². The molecule has 1 amide bonds. The van der Waals surface area contributed by atoms with Gasteiger partial charge in [-0.25, -0.2) is 4.98 Å². The molecule has 3 rings (SSSR count). The van der Waals surface area contributed by atoms with Gasteiger partial charge in [0.25, 0.3) is 0 Å². The maximum absolute atomic E-state index is 11.8. The summed E-state index contributed by atoms with van der Waals surface area (Å²) in [5, 5.41) is 11.2. The number of rotatable bonds is 5. The van der Waals surface area contributed by atoms with Crippen LogP contribution >= 0.6 is 0 Å². The standard InChI is InChI=1S/C17H21N5O/c1-13-6-2-3-7-14(13)15-12-19-21-17(20-15)18-9-11-22-10-5-4-8-16(22)23/h2-3,6-7,12H,4-5,8-11H2,1H3,(H,18,20,21). The van der Waals surface area contributed by atoms with E-state index < -0.39 is 0 Å². The Morgan fingerprint density at radius 1 is 1.26 bits per heavy atom. The lowest BCUT2D eigenvalue weighted by Crippen LogP contribution is -2.38. The third-order valence-corrected chi connectivity index (χ3v) is 4.07. The number of hydrogen-bond donors (Lipinski definition) is 1. The van der Waals surface area contributed by atoms with Crippen molar-refractivity contribution in [1.82, 2.24) is 20.1 Å². The van der Waals surface area contributed by atoms with E-state index in [1.54, 1.807) is 6.20 Å². The third kappa shape index (κ3) is 3.83. The molecular formula is C17H21N5O. The number of hydrogen-bond acceptors (Lipinski definition) is 5. The maximum Gasteiger partial charge on any atom is 0.243 e. The second kappa shape index (κ2) is 7.17. The van der Waals surface area contributed by atoms with Crippen LogP contribution < -0.4 is 5.32 Å². The van der Waals surface area contributed by atoms with Crippen molar-refractivity contribution >= 4 is 11.9 Å². The summed E-state index contributed by atoms with van der Waals surface area (Å²) in [6, 6.07) is 8.06. The van der Waals surface area contributed by atoms with Crippen molar-refractivity contribution in [2.45, 2.75) is 26.2 Å². The summed E-state index contributed by atoms with van der Waals surface area (Å²) in [7, 11) is 0. The minimum atomic E-state index is 0.241. The molecule has 0 radical (unpaired) electrons. The predicted octanol–water partition coefficient (Wildman–Crippen LogP) is 2.27. The van der Waals surface area contributed by atoms with Crippen molar-refractivity contribution in [3.05, 3.63) is 36.0 Å². The molecule has 2 heterocycles. The Balaban J connectivity index is 1.62. The highest BCUT2D eigenvalue weighted by Gasteiger charge is 2.17. The van der Waals surface area contributed by atoms with Gasteiger partial charge in [-0.1, -0.05) is 24.3 Å². The molecule has 1 aromatic carbocycles. The van der Waals surface area contributed by atoms with Crippen molar-refractivity contribution in [2.75, 3.05) is 25.0 Å². The fraction of sp³-hybridized carbons (Fsp3) is 0.412. The van der Waals surface area contributed by atoms with Gasteiger partial charge in [0.15, 0.2) is 0 Å². The molecule has 0 bridgehead atoms. The first-order valence-corrected chi connectivity index (χ1v) is 8.01. The van der Waals surface area contributed by atoms with Crippen LogP contribution in [0.4, 0.5) is 5.95 Å². The van der Waals surface area contributed by atoms with E-state index in [0.29, 0.717) is 25.5 Å². The van der Waals surface area contributed by atoms with Crippen LogP contribution in [0.15, 0.2) is 30.5 Å². The monoisotopic (exact) mass is 311 g/mol. The van der Waals surface area contributed by atoms with E-state index in [1.165, 1.54) is 0 Å². The summed E-state index contributed by atoms with van der Waals surface area (Å²) < 4.78 is 0. The SMILES string of the molecule is Cc1ccccc1-c1cnnc(NCCN2CCCCC2=O)n1. The van der Waals surface area contributed by atoms with Gasteiger partial charge in [0, 0.05) is 31.6 Å². The van der Waals surface area contributed by atoms with Gasteiger partial charge in [-0.3, -0.25) is 4.79 Å². The second-order valence-electron chi connectivity index (χ2n) is 5.74. The van der Waals surface area contributed by atoms with Crippen LogP contribution in [0.3, 0.4) is 0 Å². The zero-order valence-electron chi connectivity index (χ0n) is 13.3. The molecule has 1 aromatic heterocycles. The predicted molar refractivity (Wildman–Crippen MR) is 88.9 cm³/mol. The van der Waals surface area contributed by atoms with Crippen molar-refractivity contribution < 1.29 is 4.79 Å². The van der Waals surface area contributed by atoms with Crippen LogP contribution in [-0.4, -0.2) is 45.6 Å². The molecule has 1 saturated heterocycles. The molecule has 1 aliphatic heterocycles. The number of carbonyl (C=O) groups is 1. The second-order valence-corrected chi connectivity index (χ2v) is 5.74. The highest BCUT2D eigenvalue weighted by atomic mass is 16.2. The molecule has 2 aromatic rings. The lowest BCUT2D eigenvalue weighted by atomic mass is 10.1. The van der Waals surface area contributed by atoms with Crippen LogP contribution in [0.25, 0.3) is 11.3 Å². The molecule has 0 saturated carbocycles. The Bertz CT molecular complexity index is 688. The van der Waals surface area contributed by atoms with Gasteiger partial charge in [-0.15, -0.1) is 5.10 Å². The number of benzene rings is 1. The van der Waals surface area contributed by atoms with Crippen molar-refractivity contribution in [3.63, 3.8) is 0 Å². The maximum atomic E-state index is 11.8. The van der Waals surface area contributed by atoms with E-state index in [2.05, 4.69) is 20.5 Å². The van der Waals surface area contributed by atoms with Gasteiger partial charge in [0.2, 0.25) is 11.9 Å². The average molecular weight is 311 g/mol. The Kier molecular flexibility index (Phi) is 4.80. The lowest BCUT2D eigenvalue weighted by molar-refractivity contribution is -0.133. The quantitative estimate of drug-likeness (QED) is 0.917. The van der Waals surface area contributed by atoms with Crippen molar-refractivity contribution in [1.29, 1.82) is 0 Å². The third-order valence-electron chi connectivity index (χ3n) is 4.07. The molecule has 1 aliphatic rings. The smallest absolute Gasteiger partial charge is 0.243 e. The van der Waals surface area contributed by atoms with Gasteiger partial charge in [0.1, 0.15) is 0 Å². The highest BCUT2D eigenvalue weighted by molar-refractivity contribution is 5.76. The van der Waals surface area contributed by atoms with Crippen LogP contribution in [0.2, 0.25) is 0 Å². The number of likely N-dealkylation sites (tertiary alicyclic amines) is 1. The number of amides is 1. The first-order chi connectivity index (χ1) is 11.2. The van der Waals surface area contributed by atoms with E-state index in [1.807, 2.05) is 36.1 Å². The van der Waals surface area contributed by atoms with Gasteiger partial charge < -0.3 is 10.2 Å². The van der Waals surface area contributed by atoms with Crippen molar-refractivity contribution in [2.24, 2.45) is 0 Å². The van der Waals surface area contributed by atoms with E-state index >= 15 is 0 Å². The number of anilines is 1. The molecule has 1 N–H and O–H groups in total. The number of carbonyl (C=O) groups excluding carboxylic acids is 1. The van der Waals surface area contributed by atoms with Gasteiger partial charge in [-0.05, 0) is 25.3 Å². The number of nitrogens with zero attached hydrogens (tertiary/aromatic N) is 4. The number of piperidine rings is 1. The molecule has 0 spiro atoms. The number of aryl methyl sites for hydroxylation is 1. The fourth-order valence-corrected chi connectivity index (χ4v) is 2.77. The summed E-state index contributed by atoms with van der Waals surface area (Å²) in [4.78, 5) is 18.2. The number of nitrogens with one attached hydrogen (secondary N) is 1. The van der Waals surface area contributed by atoms with E-state index in [9.17, 15) is 4.79 Å². The van der Waals surface area contributed by atoms with Crippen LogP contribution in [0.5, 0.6) is 0 Å². The average Bonchev–Trinajstić information content (AvgIpc) is 2.57. The summed E-state index contributed by atoms with van der Waals surface area (Å²) in [5.41, 5.74) is 3.00. The first-order valence-electron chi connectivity index (χ1n) is 8.01. The van der Waals surface area contributed by atoms with Gasteiger partial charge in [-0.2, -0.15) is 5.10 Å². The molecular weight excluding hydrogens is 290 g/mol. The Morgan fingerprint density at radius 3 is 2.96 bits per heavy atom. The summed E-state index contributed by atoms with van der Waals surface area (Å²) in [6.07, 6.45) is 4.43. The molecule has 0 aliphatic carbocycles. The fourth-order valence-electron chi connectivity index (χ4n) is 2.77. The van der Waals surface area contributed by atoms with E-state index in [-0.39, 0.29) is 5.91 Å².